The Morgan fingerprint density at radius 3 is 2.81 bits per heavy atom. The normalized spacial score (nSPS) is 18.8. The minimum absolute atomic E-state index is 0.00529. The van der Waals surface area contributed by atoms with Gasteiger partial charge in [-0.2, -0.15) is 0 Å². The molecule has 0 atom stereocenters. The van der Waals surface area contributed by atoms with Gasteiger partial charge >= 0.3 is 0 Å². The highest BCUT2D eigenvalue weighted by molar-refractivity contribution is 5.82. The zero-order valence-electron chi connectivity index (χ0n) is 14.2. The Labute approximate surface area is 149 Å². The van der Waals surface area contributed by atoms with E-state index in [0.29, 0.717) is 43.5 Å². The summed E-state index contributed by atoms with van der Waals surface area (Å²) in [5.41, 5.74) is 2.42. The van der Waals surface area contributed by atoms with E-state index in [1.165, 1.54) is 6.33 Å². The fourth-order valence-electron chi connectivity index (χ4n) is 3.80. The molecule has 3 aromatic rings. The lowest BCUT2D eigenvalue weighted by Crippen LogP contribution is -2.31. The van der Waals surface area contributed by atoms with E-state index in [9.17, 15) is 4.79 Å². The van der Waals surface area contributed by atoms with Crippen LogP contribution in [0.5, 0.6) is 0 Å². The minimum atomic E-state index is -0.557. The van der Waals surface area contributed by atoms with Crippen molar-refractivity contribution in [2.24, 2.45) is 0 Å². The van der Waals surface area contributed by atoms with Crippen molar-refractivity contribution in [2.45, 2.75) is 31.6 Å². The average Bonchev–Trinajstić information content (AvgIpc) is 3.07. The van der Waals surface area contributed by atoms with Crippen LogP contribution in [-0.4, -0.2) is 38.5 Å². The van der Waals surface area contributed by atoms with Crippen LogP contribution in [0.4, 0.5) is 0 Å². The van der Waals surface area contributed by atoms with Crippen LogP contribution >= 0.6 is 0 Å². The molecular formula is C19H18N4O3. The van der Waals surface area contributed by atoms with Gasteiger partial charge < -0.3 is 9.47 Å². The number of aryl methyl sites for hydroxylation is 1. The third-order valence-electron chi connectivity index (χ3n) is 5.17. The van der Waals surface area contributed by atoms with Gasteiger partial charge in [0.05, 0.1) is 29.8 Å². The number of ether oxygens (including phenoxy) is 2. The highest BCUT2D eigenvalue weighted by Gasteiger charge is 2.38. The first-order valence-corrected chi connectivity index (χ1v) is 8.82. The maximum atomic E-state index is 13.0. The molecular weight excluding hydrogens is 332 g/mol. The van der Waals surface area contributed by atoms with Gasteiger partial charge in [-0.15, -0.1) is 0 Å². The summed E-state index contributed by atoms with van der Waals surface area (Å²) in [6.07, 6.45) is 5.26. The highest BCUT2D eigenvalue weighted by Crippen LogP contribution is 2.32. The van der Waals surface area contributed by atoms with E-state index >= 15 is 0 Å². The Morgan fingerprint density at radius 2 is 2.00 bits per heavy atom. The molecule has 1 fully saturated rings. The molecule has 0 unspecified atom stereocenters. The quantitative estimate of drug-likeness (QED) is 0.667. The van der Waals surface area contributed by atoms with Crippen LogP contribution in [0.25, 0.3) is 22.2 Å². The summed E-state index contributed by atoms with van der Waals surface area (Å²) in [5.74, 6) is 0.233. The van der Waals surface area contributed by atoms with Crippen molar-refractivity contribution in [3.8, 4) is 11.3 Å². The van der Waals surface area contributed by atoms with Gasteiger partial charge in [0.15, 0.2) is 5.79 Å². The summed E-state index contributed by atoms with van der Waals surface area (Å²) in [4.78, 5) is 26.0. The van der Waals surface area contributed by atoms with E-state index in [-0.39, 0.29) is 5.56 Å². The van der Waals surface area contributed by atoms with Crippen LogP contribution in [0.2, 0.25) is 0 Å². The first-order chi connectivity index (χ1) is 12.7. The number of aromatic nitrogens is 4. The second-order valence-electron chi connectivity index (χ2n) is 6.67. The molecule has 2 aromatic heterocycles. The lowest BCUT2D eigenvalue weighted by molar-refractivity contribution is -0.165. The van der Waals surface area contributed by atoms with Gasteiger partial charge in [-0.05, 0) is 18.2 Å². The molecule has 2 aliphatic rings. The van der Waals surface area contributed by atoms with Gasteiger partial charge in [0.1, 0.15) is 12.2 Å². The van der Waals surface area contributed by atoms with E-state index in [1.54, 1.807) is 10.8 Å². The number of rotatable bonds is 1. The monoisotopic (exact) mass is 350 g/mol. The Morgan fingerprint density at radius 1 is 1.12 bits per heavy atom. The van der Waals surface area contributed by atoms with Crippen LogP contribution < -0.4 is 5.56 Å². The van der Waals surface area contributed by atoms with Crippen molar-refractivity contribution < 1.29 is 9.47 Å². The molecule has 132 valence electrons. The molecule has 1 saturated heterocycles. The molecule has 0 bridgehead atoms. The maximum absolute atomic E-state index is 13.0. The Bertz CT molecular complexity index is 1030. The maximum Gasteiger partial charge on any atom is 0.261 e. The summed E-state index contributed by atoms with van der Waals surface area (Å²) < 4.78 is 13.4. The van der Waals surface area contributed by atoms with Crippen molar-refractivity contribution >= 4 is 10.9 Å². The van der Waals surface area contributed by atoms with Crippen LogP contribution in [0.1, 0.15) is 18.7 Å². The second-order valence-corrected chi connectivity index (χ2v) is 6.67. The molecule has 7 nitrogen and oxygen atoms in total. The summed E-state index contributed by atoms with van der Waals surface area (Å²) in [6.45, 7) is 1.79. The average molecular weight is 350 g/mol. The van der Waals surface area contributed by atoms with E-state index in [2.05, 4.69) is 9.97 Å². The van der Waals surface area contributed by atoms with Gasteiger partial charge in [0.25, 0.3) is 5.56 Å². The lowest BCUT2D eigenvalue weighted by Gasteiger charge is -2.24. The van der Waals surface area contributed by atoms with Crippen LogP contribution in [0.3, 0.4) is 0 Å². The van der Waals surface area contributed by atoms with E-state index in [4.69, 9.17) is 14.5 Å². The topological polar surface area (TPSA) is 79.1 Å². The van der Waals surface area contributed by atoms with Gasteiger partial charge in [-0.3, -0.25) is 9.36 Å². The van der Waals surface area contributed by atoms with Crippen molar-refractivity contribution in [1.82, 2.24) is 19.5 Å². The molecule has 0 radical (unpaired) electrons. The van der Waals surface area contributed by atoms with Crippen LogP contribution in [-0.2, 0) is 22.4 Å². The molecule has 1 spiro atoms. The summed E-state index contributed by atoms with van der Waals surface area (Å²) in [7, 11) is 0. The smallest absolute Gasteiger partial charge is 0.261 e. The highest BCUT2D eigenvalue weighted by atomic mass is 16.7. The molecule has 26 heavy (non-hydrogen) atoms. The third-order valence-corrected chi connectivity index (χ3v) is 5.17. The van der Waals surface area contributed by atoms with Crippen LogP contribution in [0.15, 0.2) is 41.6 Å². The number of hydrogen-bond donors (Lipinski definition) is 0. The van der Waals surface area contributed by atoms with Crippen molar-refractivity contribution in [3.05, 3.63) is 53.0 Å². The van der Waals surface area contributed by atoms with E-state index in [0.717, 1.165) is 23.5 Å². The first kappa shape index (κ1) is 15.6. The molecule has 0 N–H and O–H groups in total. The van der Waals surface area contributed by atoms with Gasteiger partial charge in [0.2, 0.25) is 0 Å². The fourth-order valence-corrected chi connectivity index (χ4v) is 3.80. The third kappa shape index (κ3) is 2.51. The number of fused-ring (bicyclic) bond motifs is 2. The molecule has 5 rings (SSSR count). The van der Waals surface area contributed by atoms with Crippen molar-refractivity contribution in [2.75, 3.05) is 13.2 Å². The molecule has 4 heterocycles. The number of benzene rings is 1. The largest absolute Gasteiger partial charge is 0.347 e. The van der Waals surface area contributed by atoms with Gasteiger partial charge in [0, 0.05) is 37.6 Å². The summed E-state index contributed by atoms with van der Waals surface area (Å²) in [5, 5.41) is 0.621. The van der Waals surface area contributed by atoms with E-state index in [1.807, 2.05) is 24.3 Å². The van der Waals surface area contributed by atoms with Crippen molar-refractivity contribution in [3.63, 3.8) is 0 Å². The molecule has 2 aliphatic heterocycles. The Balaban J connectivity index is 1.60. The van der Waals surface area contributed by atoms with Gasteiger partial charge in [-0.1, -0.05) is 6.07 Å². The van der Waals surface area contributed by atoms with Crippen molar-refractivity contribution in [1.29, 1.82) is 0 Å². The van der Waals surface area contributed by atoms with E-state index < -0.39 is 5.79 Å². The summed E-state index contributed by atoms with van der Waals surface area (Å²) >= 11 is 0. The number of nitrogens with zero attached hydrogens (tertiary/aromatic N) is 4. The van der Waals surface area contributed by atoms with Gasteiger partial charge in [-0.25, -0.2) is 15.0 Å². The number of hydrogen-bond acceptors (Lipinski definition) is 6. The Hall–Kier alpha value is -2.64. The predicted molar refractivity (Wildman–Crippen MR) is 94.6 cm³/mol. The second kappa shape index (κ2) is 5.96. The molecule has 0 saturated carbocycles. The first-order valence-electron chi connectivity index (χ1n) is 8.82. The SMILES string of the molecule is O=c1c2ccc(-c3ccncn3)cc2nc2n1CCC1(CC2)OCCO1. The Kier molecular flexibility index (Phi) is 3.58. The minimum Gasteiger partial charge on any atom is -0.347 e. The lowest BCUT2D eigenvalue weighted by atomic mass is 10.1. The molecule has 0 aliphatic carbocycles. The predicted octanol–water partition coefficient (Wildman–Crippen LogP) is 1.93. The molecule has 1 aromatic carbocycles. The zero-order valence-corrected chi connectivity index (χ0v) is 14.2. The zero-order chi connectivity index (χ0) is 17.6. The standard InChI is InChI=1S/C19H18N4O3/c24-18-14-2-1-13(15-4-7-20-12-21-15)11-16(14)22-17-3-5-19(6-8-23(17)18)25-9-10-26-19/h1-2,4,7,11-12H,3,5-6,8-10H2. The summed E-state index contributed by atoms with van der Waals surface area (Å²) in [6, 6.07) is 7.50. The van der Waals surface area contributed by atoms with Crippen LogP contribution in [0, 0.1) is 0 Å². The molecule has 0 amide bonds. The fraction of sp³-hybridized carbons (Fsp3) is 0.368. The molecule has 7 heteroatoms.